The summed E-state index contributed by atoms with van der Waals surface area (Å²) >= 11 is 13.1. The first kappa shape index (κ1) is 30.5. The molecule has 8 heteroatoms. The molecule has 1 heterocycles. The van der Waals surface area contributed by atoms with Crippen molar-refractivity contribution in [3.63, 3.8) is 0 Å². The molecule has 1 amide bonds. The molecule has 222 valence electrons. The number of nitrogens with zero attached hydrogens (tertiary/aromatic N) is 2. The Hall–Kier alpha value is -2.93. The van der Waals surface area contributed by atoms with E-state index in [9.17, 15) is 9.18 Å². The first-order valence-electron chi connectivity index (χ1n) is 14.8. The van der Waals surface area contributed by atoms with Crippen molar-refractivity contribution in [3.8, 4) is 0 Å². The number of ether oxygens (including phenoxy) is 1. The Labute approximate surface area is 258 Å². The van der Waals surface area contributed by atoms with Crippen LogP contribution in [0.4, 0.5) is 4.39 Å². The first-order chi connectivity index (χ1) is 20.4. The summed E-state index contributed by atoms with van der Waals surface area (Å²) < 4.78 is 19.0. The fraction of sp³-hybridized carbons (Fsp3) is 0.412. The van der Waals surface area contributed by atoms with Crippen LogP contribution in [0.5, 0.6) is 0 Å². The molecular formula is C34H38Cl2FN3O2. The number of alkyl halides is 1. The van der Waals surface area contributed by atoms with Gasteiger partial charge in [0.1, 0.15) is 17.7 Å². The van der Waals surface area contributed by atoms with E-state index in [1.165, 1.54) is 29.2 Å². The number of aryl methyl sites for hydroxylation is 1. The quantitative estimate of drug-likeness (QED) is 0.247. The Morgan fingerprint density at radius 3 is 2.71 bits per heavy atom. The van der Waals surface area contributed by atoms with Gasteiger partial charge in [0.2, 0.25) is 5.91 Å². The lowest BCUT2D eigenvalue weighted by molar-refractivity contribution is -0.117. The molecule has 0 aromatic heterocycles. The predicted octanol–water partition coefficient (Wildman–Crippen LogP) is 7.66. The van der Waals surface area contributed by atoms with E-state index in [1.54, 1.807) is 7.05 Å². The van der Waals surface area contributed by atoms with Crippen molar-refractivity contribution < 1.29 is 13.9 Å². The average Bonchev–Trinajstić information content (AvgIpc) is 3.33. The van der Waals surface area contributed by atoms with E-state index in [2.05, 4.69) is 45.6 Å². The summed E-state index contributed by atoms with van der Waals surface area (Å²) in [6, 6.07) is 12.1. The molecule has 5 rings (SSSR count). The number of halogens is 3. The second kappa shape index (κ2) is 14.0. The lowest BCUT2D eigenvalue weighted by Crippen LogP contribution is -2.29. The molecule has 1 aliphatic heterocycles. The number of likely N-dealkylation sites (tertiary alicyclic amines) is 1. The Kier molecular flexibility index (Phi) is 10.2. The molecule has 2 aromatic carbocycles. The third-order valence-electron chi connectivity index (χ3n) is 8.22. The van der Waals surface area contributed by atoms with Crippen LogP contribution < -0.4 is 5.32 Å². The number of aliphatic imine (C=N–C) groups is 1. The number of nitrogens with one attached hydrogen (secondary N) is 1. The van der Waals surface area contributed by atoms with Crippen LogP contribution in [-0.2, 0) is 16.0 Å². The van der Waals surface area contributed by atoms with Crippen LogP contribution in [-0.4, -0.2) is 56.1 Å². The normalized spacial score (nSPS) is 21.2. The summed E-state index contributed by atoms with van der Waals surface area (Å²) in [7, 11) is 1.69. The molecule has 2 atom stereocenters. The minimum Gasteiger partial charge on any atom is -0.489 e. The maximum atomic E-state index is 12.6. The van der Waals surface area contributed by atoms with Gasteiger partial charge in [-0.25, -0.2) is 0 Å². The summed E-state index contributed by atoms with van der Waals surface area (Å²) in [5, 5.41) is 4.12. The minimum atomic E-state index is -0.274. The molecule has 2 aliphatic carbocycles. The number of amidine groups is 1. The fourth-order valence-corrected chi connectivity index (χ4v) is 6.82. The van der Waals surface area contributed by atoms with Gasteiger partial charge >= 0.3 is 0 Å². The van der Waals surface area contributed by atoms with Gasteiger partial charge in [-0.15, -0.1) is 0 Å². The third-order valence-corrected chi connectivity index (χ3v) is 8.77. The molecule has 0 spiro atoms. The van der Waals surface area contributed by atoms with Gasteiger partial charge in [-0.1, -0.05) is 47.5 Å². The van der Waals surface area contributed by atoms with E-state index in [-0.39, 0.29) is 24.6 Å². The summed E-state index contributed by atoms with van der Waals surface area (Å²) in [6.45, 7) is 3.80. The summed E-state index contributed by atoms with van der Waals surface area (Å²) in [5.41, 5.74) is 6.83. The van der Waals surface area contributed by atoms with E-state index >= 15 is 0 Å². The number of hydrogen-bond acceptors (Lipinski definition) is 4. The number of rotatable bonds is 8. The molecule has 2 aromatic rings. The van der Waals surface area contributed by atoms with Gasteiger partial charge in [-0.3, -0.25) is 19.1 Å². The zero-order valence-corrected chi connectivity index (χ0v) is 25.8. The van der Waals surface area contributed by atoms with E-state index in [0.717, 1.165) is 68.6 Å². The highest BCUT2D eigenvalue weighted by molar-refractivity contribution is 6.36. The number of carbonyl (C=O) groups excluding carboxylic acids is 1. The highest BCUT2D eigenvalue weighted by Gasteiger charge is 2.28. The van der Waals surface area contributed by atoms with Crippen LogP contribution in [0.1, 0.15) is 61.3 Å². The average molecular weight is 611 g/mol. The number of allylic oxidation sites excluding steroid dienone is 5. The highest BCUT2D eigenvalue weighted by Crippen LogP contribution is 2.45. The number of amides is 1. The van der Waals surface area contributed by atoms with Crippen molar-refractivity contribution in [1.82, 2.24) is 10.2 Å². The molecule has 1 fully saturated rings. The van der Waals surface area contributed by atoms with Crippen molar-refractivity contribution in [2.45, 2.75) is 51.6 Å². The van der Waals surface area contributed by atoms with Crippen molar-refractivity contribution in [1.29, 1.82) is 0 Å². The van der Waals surface area contributed by atoms with Crippen LogP contribution in [0.3, 0.4) is 0 Å². The Bertz CT molecular complexity index is 1450. The van der Waals surface area contributed by atoms with Crippen LogP contribution in [0, 0.1) is 5.92 Å². The molecule has 0 bridgehead atoms. The summed E-state index contributed by atoms with van der Waals surface area (Å²) in [5.74, 6) is 1.46. The van der Waals surface area contributed by atoms with Gasteiger partial charge in [-0.2, -0.15) is 0 Å². The van der Waals surface area contributed by atoms with Crippen molar-refractivity contribution >= 4 is 46.1 Å². The van der Waals surface area contributed by atoms with Crippen LogP contribution in [0.25, 0.3) is 11.1 Å². The molecule has 1 N–H and O–H groups in total. The van der Waals surface area contributed by atoms with Gasteiger partial charge in [0.05, 0.1) is 6.67 Å². The first-order valence-corrected chi connectivity index (χ1v) is 15.5. The lowest BCUT2D eigenvalue weighted by atomic mass is 9.80. The van der Waals surface area contributed by atoms with Crippen LogP contribution >= 0.6 is 23.2 Å². The maximum Gasteiger partial charge on any atom is 0.222 e. The Morgan fingerprint density at radius 1 is 1.17 bits per heavy atom. The fourth-order valence-electron chi connectivity index (χ4n) is 6.30. The summed E-state index contributed by atoms with van der Waals surface area (Å²) in [6.07, 6.45) is 11.8. The molecule has 1 saturated heterocycles. The van der Waals surface area contributed by atoms with E-state index in [4.69, 9.17) is 27.9 Å². The second-order valence-corrected chi connectivity index (χ2v) is 12.0. The zero-order valence-electron chi connectivity index (χ0n) is 24.3. The van der Waals surface area contributed by atoms with Crippen LogP contribution in [0.15, 0.2) is 65.4 Å². The molecular weight excluding hydrogens is 572 g/mol. The molecule has 0 radical (unpaired) electrons. The number of carbonyl (C=O) groups is 1. The SMILES string of the molecule is CN=C(NC(C)=O)c1ccc2c(c1)CCCC(c1ccc(Cl)cc1Cl)=C2C1C=CC(OC2CCN(CCCF)C2)=CC1. The number of fused-ring (bicyclic) bond motifs is 1. The van der Waals surface area contributed by atoms with E-state index in [0.29, 0.717) is 22.3 Å². The van der Waals surface area contributed by atoms with Crippen LogP contribution in [0.2, 0.25) is 10.0 Å². The minimum absolute atomic E-state index is 0.134. The topological polar surface area (TPSA) is 53.9 Å². The van der Waals surface area contributed by atoms with Gasteiger partial charge in [-0.05, 0) is 96.7 Å². The Balaban J connectivity index is 1.46. The zero-order chi connectivity index (χ0) is 29.6. The molecule has 5 nitrogen and oxygen atoms in total. The number of hydrogen-bond donors (Lipinski definition) is 1. The van der Waals surface area contributed by atoms with Crippen molar-refractivity contribution in [2.24, 2.45) is 10.9 Å². The van der Waals surface area contributed by atoms with E-state index < -0.39 is 0 Å². The van der Waals surface area contributed by atoms with Gasteiger partial charge in [0.15, 0.2) is 0 Å². The number of benzene rings is 2. The molecule has 2 unspecified atom stereocenters. The van der Waals surface area contributed by atoms with Gasteiger partial charge in [0, 0.05) is 55.1 Å². The van der Waals surface area contributed by atoms with Crippen molar-refractivity contribution in [3.05, 3.63) is 92.7 Å². The smallest absolute Gasteiger partial charge is 0.222 e. The molecule has 0 saturated carbocycles. The predicted molar refractivity (Wildman–Crippen MR) is 171 cm³/mol. The Morgan fingerprint density at radius 2 is 2.00 bits per heavy atom. The largest absolute Gasteiger partial charge is 0.489 e. The van der Waals surface area contributed by atoms with Gasteiger partial charge in [0.25, 0.3) is 0 Å². The third kappa shape index (κ3) is 7.16. The van der Waals surface area contributed by atoms with E-state index in [1.807, 2.05) is 24.3 Å². The monoisotopic (exact) mass is 609 g/mol. The van der Waals surface area contributed by atoms with Gasteiger partial charge < -0.3 is 10.1 Å². The second-order valence-electron chi connectivity index (χ2n) is 11.2. The highest BCUT2D eigenvalue weighted by atomic mass is 35.5. The summed E-state index contributed by atoms with van der Waals surface area (Å²) in [4.78, 5) is 18.4. The molecule has 3 aliphatic rings. The standard InChI is InChI=1S/C34H38Cl2FN3O2/c1-22(41)39-34(38-2)25-9-13-29-24(19-25)5-3-6-31(30-14-10-26(35)20-32(30)36)33(29)23-7-11-27(12-8-23)42-28-15-18-40(21-28)17-4-16-37/h7,9-14,19-20,23,28H,3-6,8,15-18,21H2,1-2H3,(H,38,39,41). The van der Waals surface area contributed by atoms with Crippen molar-refractivity contribution in [2.75, 3.05) is 33.4 Å². The lowest BCUT2D eigenvalue weighted by Gasteiger charge is -2.26. The molecule has 42 heavy (non-hydrogen) atoms. The maximum absolute atomic E-state index is 12.6.